The van der Waals surface area contributed by atoms with Crippen LogP contribution in [0.5, 0.6) is 0 Å². The third kappa shape index (κ3) is 2.61. The van der Waals surface area contributed by atoms with Crippen molar-refractivity contribution in [3.8, 4) is 0 Å². The van der Waals surface area contributed by atoms with Crippen molar-refractivity contribution in [3.05, 3.63) is 11.5 Å². The molecule has 2 unspecified atom stereocenters. The van der Waals surface area contributed by atoms with Gasteiger partial charge >= 0.3 is 0 Å². The third-order valence-electron chi connectivity index (χ3n) is 3.20. The first-order valence-electron chi connectivity index (χ1n) is 5.69. The lowest BCUT2D eigenvalue weighted by molar-refractivity contribution is 0.0720. The number of hydrogen-bond donors (Lipinski definition) is 1. The van der Waals surface area contributed by atoms with Gasteiger partial charge in [0.15, 0.2) is 5.82 Å². The van der Waals surface area contributed by atoms with Crippen LogP contribution in [0.4, 0.5) is 11.5 Å². The number of aromatic nitrogens is 2. The van der Waals surface area contributed by atoms with E-state index in [-0.39, 0.29) is 5.28 Å². The molecule has 1 aromatic rings. The van der Waals surface area contributed by atoms with Gasteiger partial charge in [-0.2, -0.15) is 4.98 Å². The van der Waals surface area contributed by atoms with E-state index in [1.807, 2.05) is 0 Å². The van der Waals surface area contributed by atoms with Gasteiger partial charge in [-0.05, 0) is 31.4 Å². The van der Waals surface area contributed by atoms with Gasteiger partial charge in [0.2, 0.25) is 5.28 Å². The van der Waals surface area contributed by atoms with Crippen LogP contribution in [0, 0.1) is 0 Å². The highest BCUT2D eigenvalue weighted by Gasteiger charge is 2.27. The third-order valence-corrected chi connectivity index (χ3v) is 3.38. The van der Waals surface area contributed by atoms with E-state index >= 15 is 0 Å². The van der Waals surface area contributed by atoms with Crippen LogP contribution in [0.2, 0.25) is 5.28 Å². The van der Waals surface area contributed by atoms with Gasteiger partial charge in [-0.25, -0.2) is 4.98 Å². The minimum atomic E-state index is 0.232. The number of rotatable bonds is 2. The van der Waals surface area contributed by atoms with Crippen molar-refractivity contribution in [2.45, 2.75) is 31.9 Å². The van der Waals surface area contributed by atoms with Gasteiger partial charge in [-0.15, -0.1) is 0 Å². The van der Waals surface area contributed by atoms with E-state index in [4.69, 9.17) is 22.1 Å². The number of nitrogens with zero attached hydrogens (tertiary/aromatic N) is 3. The molecule has 0 saturated carbocycles. The Kier molecular flexibility index (Phi) is 3.69. The predicted molar refractivity (Wildman–Crippen MR) is 68.3 cm³/mol. The highest BCUT2D eigenvalue weighted by Crippen LogP contribution is 2.28. The molecule has 0 aliphatic carbocycles. The zero-order chi connectivity index (χ0) is 12.4. The first-order chi connectivity index (χ1) is 8.11. The van der Waals surface area contributed by atoms with Crippen LogP contribution in [0.25, 0.3) is 0 Å². The van der Waals surface area contributed by atoms with Gasteiger partial charge in [0.05, 0.1) is 18.0 Å². The Morgan fingerprint density at radius 1 is 1.59 bits per heavy atom. The second kappa shape index (κ2) is 5.06. The molecule has 0 bridgehead atoms. The first kappa shape index (κ1) is 12.4. The molecule has 1 aliphatic heterocycles. The molecule has 1 aromatic heterocycles. The van der Waals surface area contributed by atoms with E-state index < -0.39 is 0 Å². The largest absolute Gasteiger partial charge is 0.394 e. The number of piperidine rings is 1. The summed E-state index contributed by atoms with van der Waals surface area (Å²) < 4.78 is 5.38. The van der Waals surface area contributed by atoms with Gasteiger partial charge in [-0.1, -0.05) is 0 Å². The Bertz CT molecular complexity index is 401. The molecule has 5 nitrogen and oxygen atoms in total. The Morgan fingerprint density at radius 2 is 2.35 bits per heavy atom. The molecular formula is C11H17ClN4O. The predicted octanol–water partition coefficient (Wildman–Crippen LogP) is 1.72. The lowest BCUT2D eigenvalue weighted by Gasteiger charge is -2.38. The number of halogens is 1. The lowest BCUT2D eigenvalue weighted by atomic mass is 10.0. The zero-order valence-electron chi connectivity index (χ0n) is 10.1. The monoisotopic (exact) mass is 256 g/mol. The molecule has 2 atom stereocenters. The van der Waals surface area contributed by atoms with Crippen LogP contribution in [0.15, 0.2) is 6.20 Å². The molecule has 1 aliphatic rings. The maximum absolute atomic E-state index is 5.89. The molecule has 0 aromatic carbocycles. The van der Waals surface area contributed by atoms with E-state index in [1.165, 1.54) is 0 Å². The average molecular weight is 257 g/mol. The van der Waals surface area contributed by atoms with Crippen molar-refractivity contribution in [3.63, 3.8) is 0 Å². The lowest BCUT2D eigenvalue weighted by Crippen LogP contribution is -2.44. The standard InChI is InChI=1S/C11H17ClN4O/c1-7-5-8(17-2)3-4-16(7)10-9(13)6-14-11(12)15-10/h6-8H,3-5,13H2,1-2H3. The average Bonchev–Trinajstić information content (AvgIpc) is 2.32. The van der Waals surface area contributed by atoms with E-state index in [0.717, 1.165) is 25.2 Å². The van der Waals surface area contributed by atoms with Crippen LogP contribution >= 0.6 is 11.6 Å². The molecule has 1 saturated heterocycles. The summed E-state index contributed by atoms with van der Waals surface area (Å²) in [6.07, 6.45) is 3.82. The Morgan fingerprint density at radius 3 is 3.00 bits per heavy atom. The first-order valence-corrected chi connectivity index (χ1v) is 6.07. The molecule has 2 heterocycles. The fraction of sp³-hybridized carbons (Fsp3) is 0.636. The van der Waals surface area contributed by atoms with Gasteiger partial charge in [-0.3, -0.25) is 0 Å². The molecule has 94 valence electrons. The van der Waals surface area contributed by atoms with E-state index in [2.05, 4.69) is 21.8 Å². The molecule has 0 radical (unpaired) electrons. The molecule has 17 heavy (non-hydrogen) atoms. The van der Waals surface area contributed by atoms with Crippen LogP contribution in [-0.2, 0) is 4.74 Å². The molecule has 1 fully saturated rings. The highest BCUT2D eigenvalue weighted by molar-refractivity contribution is 6.28. The summed E-state index contributed by atoms with van der Waals surface area (Å²) in [5, 5.41) is 0.232. The number of hydrogen-bond acceptors (Lipinski definition) is 5. The fourth-order valence-corrected chi connectivity index (χ4v) is 2.38. The molecule has 0 spiro atoms. The maximum atomic E-state index is 5.89. The summed E-state index contributed by atoms with van der Waals surface area (Å²) in [6.45, 7) is 3.01. The highest BCUT2D eigenvalue weighted by atomic mass is 35.5. The van der Waals surface area contributed by atoms with Gasteiger partial charge < -0.3 is 15.4 Å². The second-order valence-electron chi connectivity index (χ2n) is 4.34. The summed E-state index contributed by atoms with van der Waals surface area (Å²) in [4.78, 5) is 10.2. The fourth-order valence-electron chi connectivity index (χ4n) is 2.25. The number of ether oxygens (including phenoxy) is 1. The smallest absolute Gasteiger partial charge is 0.224 e. The molecule has 0 amide bonds. The van der Waals surface area contributed by atoms with E-state index in [0.29, 0.717) is 17.8 Å². The van der Waals surface area contributed by atoms with Crippen molar-refractivity contribution in [2.75, 3.05) is 24.3 Å². The van der Waals surface area contributed by atoms with Crippen molar-refractivity contribution >= 4 is 23.1 Å². The quantitative estimate of drug-likeness (QED) is 0.817. The summed E-state index contributed by atoms with van der Waals surface area (Å²) >= 11 is 5.81. The normalized spacial score (nSPS) is 25.0. The summed E-state index contributed by atoms with van der Waals surface area (Å²) in [5.74, 6) is 0.729. The van der Waals surface area contributed by atoms with Crippen molar-refractivity contribution in [2.24, 2.45) is 0 Å². The van der Waals surface area contributed by atoms with Crippen LogP contribution in [0.1, 0.15) is 19.8 Å². The van der Waals surface area contributed by atoms with Crippen molar-refractivity contribution < 1.29 is 4.74 Å². The van der Waals surface area contributed by atoms with Crippen LogP contribution < -0.4 is 10.6 Å². The van der Waals surface area contributed by atoms with Gasteiger partial charge in [0, 0.05) is 19.7 Å². The van der Waals surface area contributed by atoms with Gasteiger partial charge in [0.1, 0.15) is 0 Å². The second-order valence-corrected chi connectivity index (χ2v) is 4.68. The van der Waals surface area contributed by atoms with E-state index in [1.54, 1.807) is 13.3 Å². The molecule has 6 heteroatoms. The number of methoxy groups -OCH3 is 1. The molecule has 2 N–H and O–H groups in total. The van der Waals surface area contributed by atoms with Gasteiger partial charge in [0.25, 0.3) is 0 Å². The Labute approximate surface area is 106 Å². The SMILES string of the molecule is COC1CCN(c2nc(Cl)ncc2N)C(C)C1. The Balaban J connectivity index is 2.20. The summed E-state index contributed by atoms with van der Waals surface area (Å²) in [5.41, 5.74) is 6.46. The van der Waals surface area contributed by atoms with Crippen molar-refractivity contribution in [1.82, 2.24) is 9.97 Å². The zero-order valence-corrected chi connectivity index (χ0v) is 10.8. The van der Waals surface area contributed by atoms with E-state index in [9.17, 15) is 0 Å². The van der Waals surface area contributed by atoms with Crippen LogP contribution in [0.3, 0.4) is 0 Å². The topological polar surface area (TPSA) is 64.3 Å². The Hall–Kier alpha value is -1.07. The molecular weight excluding hydrogens is 240 g/mol. The summed E-state index contributed by atoms with van der Waals surface area (Å²) in [6, 6.07) is 0.335. The van der Waals surface area contributed by atoms with Crippen molar-refractivity contribution in [1.29, 1.82) is 0 Å². The maximum Gasteiger partial charge on any atom is 0.224 e. The number of nitrogen functional groups attached to an aromatic ring is 1. The number of nitrogens with two attached hydrogens (primary N) is 1. The minimum absolute atomic E-state index is 0.232. The summed E-state index contributed by atoms with van der Waals surface area (Å²) in [7, 11) is 1.75. The molecule has 2 rings (SSSR count). The van der Waals surface area contributed by atoms with Crippen LogP contribution in [-0.4, -0.2) is 35.8 Å². The minimum Gasteiger partial charge on any atom is -0.394 e. The number of anilines is 2.